The summed E-state index contributed by atoms with van der Waals surface area (Å²) in [7, 11) is 0. The SMILES string of the molecule is CC[C@@H](C)OCCNC(=O)CN. The van der Waals surface area contributed by atoms with Crippen molar-refractivity contribution in [2.45, 2.75) is 26.4 Å². The van der Waals surface area contributed by atoms with E-state index in [-0.39, 0.29) is 18.6 Å². The van der Waals surface area contributed by atoms with Gasteiger partial charge in [0.05, 0.1) is 19.3 Å². The molecule has 1 atom stereocenters. The molecule has 0 radical (unpaired) electrons. The van der Waals surface area contributed by atoms with Gasteiger partial charge in [-0.15, -0.1) is 0 Å². The lowest BCUT2D eigenvalue weighted by Crippen LogP contribution is -2.33. The van der Waals surface area contributed by atoms with Crippen LogP contribution < -0.4 is 11.1 Å². The minimum absolute atomic E-state index is 0.0450. The Morgan fingerprint density at radius 1 is 1.67 bits per heavy atom. The Morgan fingerprint density at radius 3 is 2.83 bits per heavy atom. The van der Waals surface area contributed by atoms with Crippen LogP contribution in [-0.2, 0) is 9.53 Å². The van der Waals surface area contributed by atoms with Crippen molar-refractivity contribution < 1.29 is 9.53 Å². The molecule has 0 saturated heterocycles. The van der Waals surface area contributed by atoms with Gasteiger partial charge in [-0.2, -0.15) is 0 Å². The van der Waals surface area contributed by atoms with Crippen molar-refractivity contribution in [1.82, 2.24) is 5.32 Å². The fraction of sp³-hybridized carbons (Fsp3) is 0.875. The average molecular weight is 174 g/mol. The Bertz CT molecular complexity index is 128. The van der Waals surface area contributed by atoms with Crippen LogP contribution in [0.15, 0.2) is 0 Å². The summed E-state index contributed by atoms with van der Waals surface area (Å²) in [5, 5.41) is 2.62. The first kappa shape index (κ1) is 11.4. The van der Waals surface area contributed by atoms with Crippen LogP contribution in [0.2, 0.25) is 0 Å². The second kappa shape index (κ2) is 7.06. The largest absolute Gasteiger partial charge is 0.377 e. The third-order valence-electron chi connectivity index (χ3n) is 1.59. The smallest absolute Gasteiger partial charge is 0.233 e. The Kier molecular flexibility index (Phi) is 6.70. The third kappa shape index (κ3) is 6.12. The number of carbonyl (C=O) groups is 1. The van der Waals surface area contributed by atoms with Gasteiger partial charge >= 0.3 is 0 Å². The maximum absolute atomic E-state index is 10.6. The summed E-state index contributed by atoms with van der Waals surface area (Å²) in [4.78, 5) is 10.6. The minimum Gasteiger partial charge on any atom is -0.377 e. The van der Waals surface area contributed by atoms with Crippen LogP contribution in [0.3, 0.4) is 0 Å². The summed E-state index contributed by atoms with van der Waals surface area (Å²) >= 11 is 0. The molecule has 4 heteroatoms. The van der Waals surface area contributed by atoms with E-state index in [0.717, 1.165) is 6.42 Å². The Hall–Kier alpha value is -0.610. The number of ether oxygens (including phenoxy) is 1. The maximum atomic E-state index is 10.6. The van der Waals surface area contributed by atoms with Gasteiger partial charge in [0.15, 0.2) is 0 Å². The summed E-state index contributed by atoms with van der Waals surface area (Å²) in [5.41, 5.74) is 5.09. The first-order chi connectivity index (χ1) is 5.70. The van der Waals surface area contributed by atoms with Crippen LogP contribution >= 0.6 is 0 Å². The molecule has 0 heterocycles. The summed E-state index contributed by atoms with van der Waals surface area (Å²) in [5.74, 6) is -0.136. The van der Waals surface area contributed by atoms with Crippen molar-refractivity contribution >= 4 is 5.91 Å². The molecule has 0 rings (SSSR count). The van der Waals surface area contributed by atoms with E-state index in [1.54, 1.807) is 0 Å². The molecule has 0 aromatic heterocycles. The number of nitrogens with two attached hydrogens (primary N) is 1. The van der Waals surface area contributed by atoms with E-state index in [4.69, 9.17) is 10.5 Å². The molecular formula is C8H18N2O2. The highest BCUT2D eigenvalue weighted by Gasteiger charge is 1.98. The molecule has 72 valence electrons. The number of nitrogens with one attached hydrogen (secondary N) is 1. The first-order valence-corrected chi connectivity index (χ1v) is 4.29. The molecule has 0 aliphatic rings. The molecule has 1 amide bonds. The average Bonchev–Trinajstić information content (AvgIpc) is 2.11. The summed E-state index contributed by atoms with van der Waals surface area (Å²) in [6, 6.07) is 0. The van der Waals surface area contributed by atoms with Crippen molar-refractivity contribution in [3.8, 4) is 0 Å². The summed E-state index contributed by atoms with van der Waals surface area (Å²) in [6.07, 6.45) is 1.25. The molecule has 0 aromatic carbocycles. The monoisotopic (exact) mass is 174 g/mol. The number of hydrogen-bond acceptors (Lipinski definition) is 3. The van der Waals surface area contributed by atoms with Gasteiger partial charge in [0, 0.05) is 6.54 Å². The lowest BCUT2D eigenvalue weighted by molar-refractivity contribution is -0.120. The van der Waals surface area contributed by atoms with Gasteiger partial charge in [-0.25, -0.2) is 0 Å². The number of carbonyl (C=O) groups excluding carboxylic acids is 1. The molecule has 0 aliphatic carbocycles. The lowest BCUT2D eigenvalue weighted by Gasteiger charge is -2.10. The van der Waals surface area contributed by atoms with Crippen molar-refractivity contribution in [2.75, 3.05) is 19.7 Å². The van der Waals surface area contributed by atoms with Gasteiger partial charge in [-0.3, -0.25) is 4.79 Å². The van der Waals surface area contributed by atoms with Gasteiger partial charge < -0.3 is 15.8 Å². The predicted molar refractivity (Wildman–Crippen MR) is 47.8 cm³/mol. The molecule has 3 N–H and O–H groups in total. The zero-order chi connectivity index (χ0) is 9.40. The summed E-state index contributed by atoms with van der Waals surface area (Å²) in [6.45, 7) is 5.21. The molecule has 0 aliphatic heterocycles. The topological polar surface area (TPSA) is 64.3 Å². The van der Waals surface area contributed by atoms with Crippen LogP contribution in [0.5, 0.6) is 0 Å². The fourth-order valence-corrected chi connectivity index (χ4v) is 0.641. The Labute approximate surface area is 73.5 Å². The first-order valence-electron chi connectivity index (χ1n) is 4.29. The van der Waals surface area contributed by atoms with Crippen molar-refractivity contribution in [3.05, 3.63) is 0 Å². The van der Waals surface area contributed by atoms with Gasteiger partial charge in [-0.05, 0) is 13.3 Å². The van der Waals surface area contributed by atoms with E-state index in [1.165, 1.54) is 0 Å². The zero-order valence-corrected chi connectivity index (χ0v) is 7.80. The van der Waals surface area contributed by atoms with Crippen molar-refractivity contribution in [1.29, 1.82) is 0 Å². The molecule has 12 heavy (non-hydrogen) atoms. The summed E-state index contributed by atoms with van der Waals surface area (Å²) < 4.78 is 5.33. The van der Waals surface area contributed by atoms with Crippen LogP contribution in [0.1, 0.15) is 20.3 Å². The number of amides is 1. The molecule has 0 spiro atoms. The van der Waals surface area contributed by atoms with Crippen LogP contribution in [-0.4, -0.2) is 31.7 Å². The molecule has 0 unspecified atom stereocenters. The van der Waals surface area contributed by atoms with E-state index >= 15 is 0 Å². The predicted octanol–water partition coefficient (Wildman–Crippen LogP) is -0.124. The molecular weight excluding hydrogens is 156 g/mol. The Balaban J connectivity index is 3.15. The fourth-order valence-electron chi connectivity index (χ4n) is 0.641. The molecule has 4 nitrogen and oxygen atoms in total. The molecule has 0 fully saturated rings. The molecule has 0 saturated carbocycles. The van der Waals surface area contributed by atoms with E-state index in [9.17, 15) is 4.79 Å². The third-order valence-corrected chi connectivity index (χ3v) is 1.59. The van der Waals surface area contributed by atoms with Gasteiger partial charge in [0.2, 0.25) is 5.91 Å². The van der Waals surface area contributed by atoms with Crippen molar-refractivity contribution in [3.63, 3.8) is 0 Å². The number of hydrogen-bond donors (Lipinski definition) is 2. The van der Waals surface area contributed by atoms with Crippen molar-refractivity contribution in [2.24, 2.45) is 5.73 Å². The second-order valence-electron chi connectivity index (χ2n) is 2.64. The van der Waals surface area contributed by atoms with Gasteiger partial charge in [-0.1, -0.05) is 6.92 Å². The Morgan fingerprint density at radius 2 is 2.33 bits per heavy atom. The minimum atomic E-state index is -0.136. The van der Waals surface area contributed by atoms with E-state index in [1.807, 2.05) is 6.92 Å². The molecule has 0 aromatic rings. The van der Waals surface area contributed by atoms with Gasteiger partial charge in [0.25, 0.3) is 0 Å². The highest BCUT2D eigenvalue weighted by atomic mass is 16.5. The standard InChI is InChI=1S/C8H18N2O2/c1-3-7(2)12-5-4-10-8(11)6-9/h7H,3-6,9H2,1-2H3,(H,10,11)/t7-/m1/s1. The maximum Gasteiger partial charge on any atom is 0.233 e. The van der Waals surface area contributed by atoms with E-state index in [2.05, 4.69) is 12.2 Å². The quantitative estimate of drug-likeness (QED) is 0.552. The highest BCUT2D eigenvalue weighted by molar-refractivity contribution is 5.77. The zero-order valence-electron chi connectivity index (χ0n) is 7.80. The lowest BCUT2D eigenvalue weighted by atomic mass is 10.3. The van der Waals surface area contributed by atoms with Crippen LogP contribution in [0.4, 0.5) is 0 Å². The highest BCUT2D eigenvalue weighted by Crippen LogP contribution is 1.93. The van der Waals surface area contributed by atoms with Gasteiger partial charge in [0.1, 0.15) is 0 Å². The molecule has 0 bridgehead atoms. The second-order valence-corrected chi connectivity index (χ2v) is 2.64. The van der Waals surface area contributed by atoms with E-state index in [0.29, 0.717) is 13.2 Å². The van der Waals surface area contributed by atoms with E-state index < -0.39 is 0 Å². The van der Waals surface area contributed by atoms with Crippen LogP contribution in [0.25, 0.3) is 0 Å². The number of rotatable bonds is 6. The van der Waals surface area contributed by atoms with Crippen LogP contribution in [0, 0.1) is 0 Å². The normalized spacial score (nSPS) is 12.6.